The average Bonchev–Trinajstić information content (AvgIpc) is 2.73. The van der Waals surface area contributed by atoms with E-state index >= 15 is 0 Å². The number of nitrogens with one attached hydrogen (secondary N) is 1. The SMILES string of the molecule is O=C(NC1CCN(C(=O)c2ccccc2F)CC1)C1=Cc2cc(Cl)ccc2OC1. The highest BCUT2D eigenvalue weighted by Gasteiger charge is 2.27. The molecule has 2 aliphatic heterocycles. The number of rotatable bonds is 3. The number of amides is 2. The molecule has 2 aromatic rings. The molecule has 0 spiro atoms. The molecule has 5 nitrogen and oxygen atoms in total. The molecule has 29 heavy (non-hydrogen) atoms. The first kappa shape index (κ1) is 19.5. The average molecular weight is 415 g/mol. The summed E-state index contributed by atoms with van der Waals surface area (Å²) >= 11 is 6.01. The molecule has 0 atom stereocenters. The third-order valence-corrected chi connectivity index (χ3v) is 5.43. The Bertz CT molecular complexity index is 984. The number of hydrogen-bond acceptors (Lipinski definition) is 3. The summed E-state index contributed by atoms with van der Waals surface area (Å²) in [5.41, 5.74) is 1.39. The smallest absolute Gasteiger partial charge is 0.256 e. The van der Waals surface area contributed by atoms with Crippen molar-refractivity contribution in [3.63, 3.8) is 0 Å². The Hall–Kier alpha value is -2.86. The van der Waals surface area contributed by atoms with Crippen LogP contribution in [0.1, 0.15) is 28.8 Å². The van der Waals surface area contributed by atoms with Crippen LogP contribution in [0.3, 0.4) is 0 Å². The number of piperidine rings is 1. The van der Waals surface area contributed by atoms with Crippen LogP contribution < -0.4 is 10.1 Å². The minimum atomic E-state index is -0.516. The molecule has 0 aliphatic carbocycles. The number of hydrogen-bond donors (Lipinski definition) is 1. The summed E-state index contributed by atoms with van der Waals surface area (Å²) in [6, 6.07) is 11.2. The van der Waals surface area contributed by atoms with E-state index in [4.69, 9.17) is 16.3 Å². The molecule has 0 radical (unpaired) electrons. The topological polar surface area (TPSA) is 58.6 Å². The van der Waals surface area contributed by atoms with Gasteiger partial charge in [-0.3, -0.25) is 9.59 Å². The van der Waals surface area contributed by atoms with Gasteiger partial charge in [0.15, 0.2) is 0 Å². The van der Waals surface area contributed by atoms with Crippen molar-refractivity contribution < 1.29 is 18.7 Å². The second-order valence-electron chi connectivity index (χ2n) is 7.16. The molecule has 2 aliphatic rings. The Morgan fingerprint density at radius 1 is 1.14 bits per heavy atom. The van der Waals surface area contributed by atoms with Crippen molar-refractivity contribution in [1.29, 1.82) is 0 Å². The summed E-state index contributed by atoms with van der Waals surface area (Å²) in [4.78, 5) is 26.8. The third kappa shape index (κ3) is 4.27. The van der Waals surface area contributed by atoms with E-state index in [2.05, 4.69) is 5.32 Å². The number of nitrogens with zero attached hydrogens (tertiary/aromatic N) is 1. The van der Waals surface area contributed by atoms with Crippen molar-refractivity contribution in [3.05, 3.63) is 70.0 Å². The number of carbonyl (C=O) groups excluding carboxylic acids is 2. The molecule has 0 bridgehead atoms. The molecular formula is C22H20ClFN2O3. The number of ether oxygens (including phenoxy) is 1. The molecule has 0 saturated carbocycles. The van der Waals surface area contributed by atoms with Gasteiger partial charge in [-0.15, -0.1) is 0 Å². The standard InChI is InChI=1S/C22H20ClFN2O3/c23-16-5-6-20-14(12-16)11-15(13-29-20)21(27)25-17-7-9-26(10-8-17)22(28)18-3-1-2-4-19(18)24/h1-6,11-12,17H,7-10,13H2,(H,25,27). The van der Waals surface area contributed by atoms with Gasteiger partial charge in [0.2, 0.25) is 0 Å². The molecular weight excluding hydrogens is 395 g/mol. The van der Waals surface area contributed by atoms with E-state index in [1.165, 1.54) is 12.1 Å². The number of benzene rings is 2. The number of halogens is 2. The highest BCUT2D eigenvalue weighted by Crippen LogP contribution is 2.29. The van der Waals surface area contributed by atoms with E-state index in [1.54, 1.807) is 41.3 Å². The van der Waals surface area contributed by atoms with Gasteiger partial charge in [0.1, 0.15) is 18.2 Å². The maximum Gasteiger partial charge on any atom is 0.256 e. The zero-order valence-electron chi connectivity index (χ0n) is 15.7. The lowest BCUT2D eigenvalue weighted by Gasteiger charge is -2.33. The first-order valence-corrected chi connectivity index (χ1v) is 9.86. The lowest BCUT2D eigenvalue weighted by Crippen LogP contribution is -2.47. The van der Waals surface area contributed by atoms with Gasteiger partial charge in [-0.2, -0.15) is 0 Å². The van der Waals surface area contributed by atoms with Gasteiger partial charge in [0.25, 0.3) is 11.8 Å². The third-order valence-electron chi connectivity index (χ3n) is 5.20. The van der Waals surface area contributed by atoms with E-state index in [9.17, 15) is 14.0 Å². The predicted molar refractivity (Wildman–Crippen MR) is 108 cm³/mol. The molecule has 2 amide bonds. The van der Waals surface area contributed by atoms with Crippen LogP contribution in [0.2, 0.25) is 5.02 Å². The van der Waals surface area contributed by atoms with E-state index < -0.39 is 5.82 Å². The number of likely N-dealkylation sites (tertiary alicyclic amines) is 1. The predicted octanol–water partition coefficient (Wildman–Crippen LogP) is 3.68. The van der Waals surface area contributed by atoms with Crippen molar-refractivity contribution in [2.45, 2.75) is 18.9 Å². The summed E-state index contributed by atoms with van der Waals surface area (Å²) in [6.45, 7) is 1.13. The largest absolute Gasteiger partial charge is 0.488 e. The maximum absolute atomic E-state index is 13.8. The maximum atomic E-state index is 13.8. The zero-order valence-corrected chi connectivity index (χ0v) is 16.4. The summed E-state index contributed by atoms with van der Waals surface area (Å²) in [5, 5.41) is 3.59. The molecule has 1 fully saturated rings. The molecule has 2 aromatic carbocycles. The van der Waals surface area contributed by atoms with Gasteiger partial charge in [-0.05, 0) is 49.2 Å². The zero-order chi connectivity index (χ0) is 20.4. The van der Waals surface area contributed by atoms with Crippen LogP contribution in [0.15, 0.2) is 48.0 Å². The Labute approximate surface area is 173 Å². The monoisotopic (exact) mass is 414 g/mol. The molecule has 4 rings (SSSR count). The lowest BCUT2D eigenvalue weighted by molar-refractivity contribution is -0.118. The molecule has 1 saturated heterocycles. The van der Waals surface area contributed by atoms with Crippen molar-refractivity contribution in [1.82, 2.24) is 10.2 Å². The van der Waals surface area contributed by atoms with Gasteiger partial charge >= 0.3 is 0 Å². The van der Waals surface area contributed by atoms with Gasteiger partial charge in [-0.25, -0.2) is 4.39 Å². The summed E-state index contributed by atoms with van der Waals surface area (Å²) in [6.07, 6.45) is 3.02. The number of fused-ring (bicyclic) bond motifs is 1. The lowest BCUT2D eigenvalue weighted by atomic mass is 10.0. The van der Waals surface area contributed by atoms with Gasteiger partial charge < -0.3 is 15.0 Å². The highest BCUT2D eigenvalue weighted by atomic mass is 35.5. The van der Waals surface area contributed by atoms with Crippen molar-refractivity contribution in [2.24, 2.45) is 0 Å². The molecule has 150 valence electrons. The molecule has 0 aromatic heterocycles. The molecule has 2 heterocycles. The second kappa shape index (κ2) is 8.25. The van der Waals surface area contributed by atoms with E-state index in [0.29, 0.717) is 42.3 Å². The first-order chi connectivity index (χ1) is 14.0. The Morgan fingerprint density at radius 3 is 2.66 bits per heavy atom. The van der Waals surface area contributed by atoms with E-state index in [1.807, 2.05) is 0 Å². The minimum absolute atomic E-state index is 0.0474. The van der Waals surface area contributed by atoms with Crippen molar-refractivity contribution >= 4 is 29.5 Å². The van der Waals surface area contributed by atoms with E-state index in [-0.39, 0.29) is 30.0 Å². The van der Waals surface area contributed by atoms with Crippen molar-refractivity contribution in [3.8, 4) is 5.75 Å². The fourth-order valence-corrected chi connectivity index (χ4v) is 3.77. The van der Waals surface area contributed by atoms with Gasteiger partial charge in [-0.1, -0.05) is 23.7 Å². The van der Waals surface area contributed by atoms with E-state index in [0.717, 1.165) is 5.56 Å². The fraction of sp³-hybridized carbons (Fsp3) is 0.273. The van der Waals surface area contributed by atoms with Crippen LogP contribution in [0.5, 0.6) is 5.75 Å². The van der Waals surface area contributed by atoms with Crippen LogP contribution in [0.4, 0.5) is 4.39 Å². The number of carbonyl (C=O) groups is 2. The van der Waals surface area contributed by atoms with Gasteiger partial charge in [0.05, 0.1) is 11.1 Å². The Morgan fingerprint density at radius 2 is 1.90 bits per heavy atom. The fourth-order valence-electron chi connectivity index (χ4n) is 3.59. The Kier molecular flexibility index (Phi) is 5.53. The normalized spacial score (nSPS) is 16.5. The first-order valence-electron chi connectivity index (χ1n) is 9.49. The minimum Gasteiger partial charge on any atom is -0.488 e. The van der Waals surface area contributed by atoms with Crippen LogP contribution in [0, 0.1) is 5.82 Å². The molecule has 1 N–H and O–H groups in total. The highest BCUT2D eigenvalue weighted by molar-refractivity contribution is 6.30. The van der Waals surface area contributed by atoms with Crippen LogP contribution in [0.25, 0.3) is 6.08 Å². The molecule has 7 heteroatoms. The van der Waals surface area contributed by atoms with Crippen molar-refractivity contribution in [2.75, 3.05) is 19.7 Å². The second-order valence-corrected chi connectivity index (χ2v) is 7.60. The summed E-state index contributed by atoms with van der Waals surface area (Å²) in [7, 11) is 0. The summed E-state index contributed by atoms with van der Waals surface area (Å²) in [5.74, 6) is -0.317. The van der Waals surface area contributed by atoms with Crippen LogP contribution in [-0.2, 0) is 4.79 Å². The summed E-state index contributed by atoms with van der Waals surface area (Å²) < 4.78 is 19.5. The molecule has 0 unspecified atom stereocenters. The van der Waals surface area contributed by atoms with Gasteiger partial charge in [0, 0.05) is 29.7 Å². The van der Waals surface area contributed by atoms with Crippen LogP contribution in [-0.4, -0.2) is 42.5 Å². The quantitative estimate of drug-likeness (QED) is 0.833. The van der Waals surface area contributed by atoms with Crippen LogP contribution >= 0.6 is 11.6 Å². The Balaban J connectivity index is 1.35.